The lowest BCUT2D eigenvalue weighted by Gasteiger charge is -2.41. The summed E-state index contributed by atoms with van der Waals surface area (Å²) in [6, 6.07) is 0.949. The smallest absolute Gasteiger partial charge is 0.158 e. The van der Waals surface area contributed by atoms with E-state index in [1.807, 2.05) is 29.7 Å². The average Bonchev–Trinajstić information content (AvgIpc) is 3.36. The Kier molecular flexibility index (Phi) is 6.65. The molecule has 38 heavy (non-hydrogen) atoms. The lowest BCUT2D eigenvalue weighted by molar-refractivity contribution is 0.158. The van der Waals surface area contributed by atoms with Crippen LogP contribution in [0, 0.1) is 25.7 Å². The Bertz CT molecular complexity index is 1400. The lowest BCUT2D eigenvalue weighted by atomic mass is 9.66. The van der Waals surface area contributed by atoms with Crippen LogP contribution in [0.5, 0.6) is 0 Å². The number of pyridine rings is 2. The van der Waals surface area contributed by atoms with Gasteiger partial charge >= 0.3 is 0 Å². The van der Waals surface area contributed by atoms with Gasteiger partial charge in [-0.05, 0) is 86.6 Å². The van der Waals surface area contributed by atoms with Crippen LogP contribution in [0.2, 0.25) is 0 Å². The zero-order valence-corrected chi connectivity index (χ0v) is 25.3. The third-order valence-electron chi connectivity index (χ3n) is 10.4. The average molecular weight is 516 g/mol. The van der Waals surface area contributed by atoms with E-state index in [9.17, 15) is 0 Å². The van der Waals surface area contributed by atoms with Crippen molar-refractivity contribution in [3.8, 4) is 0 Å². The van der Waals surface area contributed by atoms with Crippen LogP contribution in [0.25, 0.3) is 22.1 Å². The predicted octanol–water partition coefficient (Wildman–Crippen LogP) is 6.54. The molecule has 0 radical (unpaired) electrons. The molecule has 0 amide bonds. The molecule has 0 bridgehead atoms. The zero-order valence-electron chi connectivity index (χ0n) is 25.3. The van der Waals surface area contributed by atoms with Gasteiger partial charge in [-0.1, -0.05) is 34.6 Å². The number of aryl methyl sites for hydroxylation is 4. The van der Waals surface area contributed by atoms with Crippen LogP contribution in [-0.4, -0.2) is 47.5 Å². The molecule has 1 aliphatic heterocycles. The Morgan fingerprint density at radius 1 is 0.605 bits per heavy atom. The first-order chi connectivity index (χ1) is 17.9. The molecule has 4 aromatic rings. The molecule has 7 heteroatoms. The first-order valence-corrected chi connectivity index (χ1v) is 14.2. The Morgan fingerprint density at radius 3 is 1.58 bits per heavy atom. The van der Waals surface area contributed by atoms with Gasteiger partial charge in [-0.15, -0.1) is 0 Å². The second-order valence-electron chi connectivity index (χ2n) is 12.2. The molecular formula is C31H45N7. The first-order valence-electron chi connectivity index (χ1n) is 14.2. The van der Waals surface area contributed by atoms with E-state index < -0.39 is 0 Å². The molecule has 2 aliphatic rings. The second-order valence-corrected chi connectivity index (χ2v) is 12.2. The summed E-state index contributed by atoms with van der Waals surface area (Å²) in [6.07, 6.45) is 4.13. The van der Waals surface area contributed by atoms with E-state index in [4.69, 9.17) is 0 Å². The maximum absolute atomic E-state index is 4.66. The lowest BCUT2D eigenvalue weighted by Crippen LogP contribution is -2.40. The molecule has 0 saturated heterocycles. The summed E-state index contributed by atoms with van der Waals surface area (Å²) in [5.74, 6) is 3.07. The van der Waals surface area contributed by atoms with E-state index in [0.29, 0.717) is 41.7 Å². The van der Waals surface area contributed by atoms with E-state index in [2.05, 4.69) is 101 Å². The maximum Gasteiger partial charge on any atom is 0.158 e. The van der Waals surface area contributed by atoms with Gasteiger partial charge in [0.15, 0.2) is 11.3 Å². The fraction of sp³-hybridized carbons (Fsp3) is 0.613. The summed E-state index contributed by atoms with van der Waals surface area (Å²) in [5, 5.41) is 11.7. The topological polar surface area (TPSA) is 64.7 Å². The summed E-state index contributed by atoms with van der Waals surface area (Å²) in [4.78, 5) is 11.7. The van der Waals surface area contributed by atoms with Crippen molar-refractivity contribution in [3.63, 3.8) is 0 Å². The highest BCUT2D eigenvalue weighted by Crippen LogP contribution is 2.48. The quantitative estimate of drug-likeness (QED) is 0.266. The SMILES string of the molecule is Cc1nn(C)c2ncc3c(c12)C(C)C(C)C(C)C3C.Cc1nn(C)c2ncc3c(c12)C(C)C(C)N(C)C3C. The minimum Gasteiger partial charge on any atom is -0.296 e. The van der Waals surface area contributed by atoms with Gasteiger partial charge in [0.25, 0.3) is 0 Å². The summed E-state index contributed by atoms with van der Waals surface area (Å²) >= 11 is 0. The van der Waals surface area contributed by atoms with Crippen molar-refractivity contribution < 1.29 is 0 Å². The molecule has 4 aromatic heterocycles. The highest BCUT2D eigenvalue weighted by atomic mass is 15.3. The summed E-state index contributed by atoms with van der Waals surface area (Å²) < 4.78 is 3.80. The Labute approximate surface area is 227 Å². The maximum atomic E-state index is 4.66. The molecule has 5 heterocycles. The first kappa shape index (κ1) is 26.8. The molecule has 7 unspecified atom stereocenters. The van der Waals surface area contributed by atoms with E-state index >= 15 is 0 Å². The van der Waals surface area contributed by atoms with E-state index in [1.165, 1.54) is 33.0 Å². The fourth-order valence-corrected chi connectivity index (χ4v) is 7.21. The number of aromatic nitrogens is 6. The van der Waals surface area contributed by atoms with Crippen molar-refractivity contribution in [2.24, 2.45) is 25.9 Å². The highest BCUT2D eigenvalue weighted by molar-refractivity contribution is 5.85. The van der Waals surface area contributed by atoms with Gasteiger partial charge in [-0.3, -0.25) is 14.3 Å². The molecule has 0 fully saturated rings. The van der Waals surface area contributed by atoms with Crippen LogP contribution in [0.1, 0.15) is 106 Å². The van der Waals surface area contributed by atoms with Crippen LogP contribution < -0.4 is 0 Å². The Balaban J connectivity index is 0.000000155. The molecule has 7 atom stereocenters. The van der Waals surface area contributed by atoms with Crippen molar-refractivity contribution in [3.05, 3.63) is 46.0 Å². The molecule has 7 nitrogen and oxygen atoms in total. The number of nitrogens with zero attached hydrogens (tertiary/aromatic N) is 7. The fourth-order valence-electron chi connectivity index (χ4n) is 7.21. The Morgan fingerprint density at radius 2 is 1.05 bits per heavy atom. The summed E-state index contributed by atoms with van der Waals surface area (Å²) in [5.41, 5.74) is 9.98. The minimum absolute atomic E-state index is 0.415. The predicted molar refractivity (Wildman–Crippen MR) is 156 cm³/mol. The number of rotatable bonds is 0. The monoisotopic (exact) mass is 515 g/mol. The minimum atomic E-state index is 0.415. The van der Waals surface area contributed by atoms with Gasteiger partial charge < -0.3 is 0 Å². The molecule has 6 rings (SSSR count). The van der Waals surface area contributed by atoms with Gasteiger partial charge in [0.2, 0.25) is 0 Å². The van der Waals surface area contributed by atoms with Gasteiger partial charge in [-0.2, -0.15) is 10.2 Å². The number of hydrogen-bond acceptors (Lipinski definition) is 5. The van der Waals surface area contributed by atoms with E-state index in [-0.39, 0.29) is 0 Å². The van der Waals surface area contributed by atoms with Crippen molar-refractivity contribution in [1.29, 1.82) is 0 Å². The molecule has 1 aliphatic carbocycles. The third kappa shape index (κ3) is 3.80. The molecule has 204 valence electrons. The molecular weight excluding hydrogens is 470 g/mol. The number of fused-ring (bicyclic) bond motifs is 6. The molecule has 0 N–H and O–H groups in total. The summed E-state index contributed by atoms with van der Waals surface area (Å²) in [7, 11) is 6.16. The molecule has 0 saturated carbocycles. The van der Waals surface area contributed by atoms with Crippen molar-refractivity contribution in [2.45, 2.75) is 92.2 Å². The molecule has 0 spiro atoms. The van der Waals surface area contributed by atoms with Crippen LogP contribution in [-0.2, 0) is 14.1 Å². The van der Waals surface area contributed by atoms with E-state index in [0.717, 1.165) is 22.7 Å². The standard InChI is InChI=1S/C16H23N3.C15H22N4/c1-8-9(2)11(4)14-13(10(8)3)7-17-16-15(14)12(5)18-19(16)6;1-8-10(3)18(5)11(4)12-7-16-15-14(13(8)12)9(2)17-19(15)6/h7-11H,1-6H3;7-8,10-11H,1-6H3. The van der Waals surface area contributed by atoms with Gasteiger partial charge in [0.1, 0.15) is 0 Å². The number of hydrogen-bond donors (Lipinski definition) is 0. The van der Waals surface area contributed by atoms with Crippen LogP contribution in [0.15, 0.2) is 12.4 Å². The van der Waals surface area contributed by atoms with Crippen LogP contribution in [0.3, 0.4) is 0 Å². The van der Waals surface area contributed by atoms with Gasteiger partial charge in [0, 0.05) is 49.3 Å². The Hall–Kier alpha value is -2.80. The third-order valence-corrected chi connectivity index (χ3v) is 10.4. The molecule has 0 aromatic carbocycles. The number of likely N-dealkylation sites (N-methyl/N-ethyl adjacent to an activating group) is 1. The normalized spacial score (nSPS) is 29.2. The van der Waals surface area contributed by atoms with Gasteiger partial charge in [0.05, 0.1) is 11.4 Å². The largest absolute Gasteiger partial charge is 0.296 e. The highest BCUT2D eigenvalue weighted by Gasteiger charge is 2.36. The van der Waals surface area contributed by atoms with Crippen molar-refractivity contribution in [2.75, 3.05) is 7.05 Å². The zero-order chi connectivity index (χ0) is 27.8. The second kappa shape index (κ2) is 9.44. The van der Waals surface area contributed by atoms with E-state index in [1.54, 1.807) is 0 Å². The van der Waals surface area contributed by atoms with Crippen molar-refractivity contribution in [1.82, 2.24) is 34.4 Å². The summed E-state index contributed by atoms with van der Waals surface area (Å²) in [6.45, 7) is 20.5. The van der Waals surface area contributed by atoms with Crippen LogP contribution in [0.4, 0.5) is 0 Å². The van der Waals surface area contributed by atoms with Gasteiger partial charge in [-0.25, -0.2) is 9.97 Å². The van der Waals surface area contributed by atoms with Crippen molar-refractivity contribution >= 4 is 22.1 Å². The van der Waals surface area contributed by atoms with Crippen LogP contribution >= 0.6 is 0 Å².